The maximum absolute atomic E-state index is 12.4. The molecular weight excluding hydrogens is 322 g/mol. The van der Waals surface area contributed by atoms with Crippen LogP contribution in [0.2, 0.25) is 0 Å². The molecule has 2 aromatic heterocycles. The first kappa shape index (κ1) is 16.3. The van der Waals surface area contributed by atoms with E-state index in [-0.39, 0.29) is 11.8 Å². The average Bonchev–Trinajstić information content (AvgIpc) is 3.13. The Kier molecular flexibility index (Phi) is 4.83. The van der Waals surface area contributed by atoms with E-state index >= 15 is 0 Å². The van der Waals surface area contributed by atoms with E-state index in [1.165, 1.54) is 19.1 Å². The van der Waals surface area contributed by atoms with Gasteiger partial charge in [-0.05, 0) is 43.7 Å². The van der Waals surface area contributed by atoms with Crippen molar-refractivity contribution in [2.75, 3.05) is 26.3 Å². The molecule has 1 saturated carbocycles. The predicted octanol–water partition coefficient (Wildman–Crippen LogP) is 2.65. The summed E-state index contributed by atoms with van der Waals surface area (Å²) in [6, 6.07) is 3.42. The van der Waals surface area contributed by atoms with Gasteiger partial charge in [-0.3, -0.25) is 4.79 Å². The van der Waals surface area contributed by atoms with Gasteiger partial charge in [0.15, 0.2) is 11.6 Å². The van der Waals surface area contributed by atoms with Gasteiger partial charge in [-0.2, -0.15) is 4.98 Å². The average molecular weight is 345 g/mol. The van der Waals surface area contributed by atoms with Gasteiger partial charge in [-0.25, -0.2) is 0 Å². The van der Waals surface area contributed by atoms with E-state index in [0.29, 0.717) is 37.0 Å². The molecule has 1 aliphatic heterocycles. The highest BCUT2D eigenvalue weighted by atomic mass is 16.5. The number of piperidine rings is 1. The number of rotatable bonds is 7. The van der Waals surface area contributed by atoms with Gasteiger partial charge < -0.3 is 18.6 Å². The van der Waals surface area contributed by atoms with Crippen molar-refractivity contribution in [1.29, 1.82) is 0 Å². The normalized spacial score (nSPS) is 20.8. The van der Waals surface area contributed by atoms with Gasteiger partial charge in [0.2, 0.25) is 5.89 Å². The Morgan fingerprint density at radius 2 is 2.28 bits per heavy atom. The molecule has 25 heavy (non-hydrogen) atoms. The van der Waals surface area contributed by atoms with Crippen molar-refractivity contribution in [3.63, 3.8) is 0 Å². The summed E-state index contributed by atoms with van der Waals surface area (Å²) in [6.07, 6.45) is 6.63. The second-order valence-electron chi connectivity index (χ2n) is 6.88. The molecular formula is C18H23N3O4. The standard InChI is InChI=1S/C18H23N3O4/c22-18(15-4-2-9-24-15)21-8-1-3-14(11-21)17-19-16(20-25-17)7-10-23-12-13-5-6-13/h2,4,9,13-14H,1,3,5-8,10-12H2. The summed E-state index contributed by atoms with van der Waals surface area (Å²) in [5, 5.41) is 4.06. The molecule has 7 nitrogen and oxygen atoms in total. The molecule has 2 fully saturated rings. The molecule has 3 heterocycles. The van der Waals surface area contributed by atoms with Gasteiger partial charge in [-0.1, -0.05) is 5.16 Å². The van der Waals surface area contributed by atoms with Gasteiger partial charge in [0.05, 0.1) is 18.8 Å². The van der Waals surface area contributed by atoms with Crippen molar-refractivity contribution >= 4 is 5.91 Å². The maximum atomic E-state index is 12.4. The maximum Gasteiger partial charge on any atom is 0.289 e. The lowest BCUT2D eigenvalue weighted by molar-refractivity contribution is 0.0663. The lowest BCUT2D eigenvalue weighted by Gasteiger charge is -2.30. The van der Waals surface area contributed by atoms with Gasteiger partial charge in [-0.15, -0.1) is 0 Å². The number of ether oxygens (including phenoxy) is 1. The Hall–Kier alpha value is -2.15. The number of carbonyl (C=O) groups excluding carboxylic acids is 1. The minimum absolute atomic E-state index is 0.0806. The third kappa shape index (κ3) is 4.10. The van der Waals surface area contributed by atoms with Crippen LogP contribution in [0.3, 0.4) is 0 Å². The fourth-order valence-corrected chi connectivity index (χ4v) is 3.15. The van der Waals surface area contributed by atoms with Crippen LogP contribution in [0.4, 0.5) is 0 Å². The van der Waals surface area contributed by atoms with Crippen molar-refractivity contribution in [2.24, 2.45) is 5.92 Å². The van der Waals surface area contributed by atoms with Gasteiger partial charge in [0.1, 0.15) is 0 Å². The molecule has 1 amide bonds. The smallest absolute Gasteiger partial charge is 0.289 e. The van der Waals surface area contributed by atoms with E-state index in [0.717, 1.165) is 31.9 Å². The number of carbonyl (C=O) groups is 1. The molecule has 1 unspecified atom stereocenters. The van der Waals surface area contributed by atoms with Crippen LogP contribution < -0.4 is 0 Å². The first-order chi connectivity index (χ1) is 12.3. The molecule has 2 aromatic rings. The molecule has 0 N–H and O–H groups in total. The van der Waals surface area contributed by atoms with Crippen LogP contribution in [0.15, 0.2) is 27.3 Å². The summed E-state index contributed by atoms with van der Waals surface area (Å²) in [5.74, 6) is 2.44. The first-order valence-electron chi connectivity index (χ1n) is 9.02. The molecule has 2 aliphatic rings. The van der Waals surface area contributed by atoms with Crippen LogP contribution in [0.5, 0.6) is 0 Å². The summed E-state index contributed by atoms with van der Waals surface area (Å²) >= 11 is 0. The largest absolute Gasteiger partial charge is 0.459 e. The fraction of sp³-hybridized carbons (Fsp3) is 0.611. The van der Waals surface area contributed by atoms with E-state index in [9.17, 15) is 4.79 Å². The molecule has 1 atom stereocenters. The fourth-order valence-electron chi connectivity index (χ4n) is 3.15. The molecule has 134 valence electrons. The van der Waals surface area contributed by atoms with E-state index in [2.05, 4.69) is 10.1 Å². The molecule has 0 spiro atoms. The number of hydrogen-bond donors (Lipinski definition) is 0. The Morgan fingerprint density at radius 1 is 1.36 bits per heavy atom. The molecule has 0 bridgehead atoms. The molecule has 1 aliphatic carbocycles. The highest BCUT2D eigenvalue weighted by Crippen LogP contribution is 2.29. The Bertz CT molecular complexity index is 693. The first-order valence-corrected chi connectivity index (χ1v) is 9.02. The molecule has 0 radical (unpaired) electrons. The topological polar surface area (TPSA) is 81.6 Å². The molecule has 1 saturated heterocycles. The third-order valence-electron chi connectivity index (χ3n) is 4.79. The number of furan rings is 1. The lowest BCUT2D eigenvalue weighted by Crippen LogP contribution is -2.39. The zero-order chi connectivity index (χ0) is 17.1. The lowest BCUT2D eigenvalue weighted by atomic mass is 9.98. The van der Waals surface area contributed by atoms with Crippen LogP contribution in [-0.4, -0.2) is 47.3 Å². The van der Waals surface area contributed by atoms with Crippen molar-refractivity contribution in [2.45, 2.75) is 38.0 Å². The number of likely N-dealkylation sites (tertiary alicyclic amines) is 1. The summed E-state index contributed by atoms with van der Waals surface area (Å²) in [6.45, 7) is 2.78. The molecule has 4 rings (SSSR count). The highest BCUT2D eigenvalue weighted by molar-refractivity contribution is 5.91. The van der Waals surface area contributed by atoms with Crippen molar-refractivity contribution in [3.8, 4) is 0 Å². The number of amides is 1. The summed E-state index contributed by atoms with van der Waals surface area (Å²) < 4.78 is 16.3. The minimum Gasteiger partial charge on any atom is -0.459 e. The van der Waals surface area contributed by atoms with E-state index in [1.807, 2.05) is 0 Å². The monoisotopic (exact) mass is 345 g/mol. The van der Waals surface area contributed by atoms with Crippen molar-refractivity contribution in [3.05, 3.63) is 35.9 Å². The molecule has 7 heteroatoms. The van der Waals surface area contributed by atoms with E-state index in [1.54, 1.807) is 17.0 Å². The van der Waals surface area contributed by atoms with Gasteiger partial charge >= 0.3 is 0 Å². The van der Waals surface area contributed by atoms with Crippen LogP contribution >= 0.6 is 0 Å². The van der Waals surface area contributed by atoms with Gasteiger partial charge in [0, 0.05) is 26.1 Å². The quantitative estimate of drug-likeness (QED) is 0.718. The second-order valence-corrected chi connectivity index (χ2v) is 6.88. The zero-order valence-electron chi connectivity index (χ0n) is 14.2. The number of hydrogen-bond acceptors (Lipinski definition) is 6. The Balaban J connectivity index is 1.31. The summed E-state index contributed by atoms with van der Waals surface area (Å²) in [4.78, 5) is 18.7. The highest BCUT2D eigenvalue weighted by Gasteiger charge is 2.30. The third-order valence-corrected chi connectivity index (χ3v) is 4.79. The Labute approximate surface area is 146 Å². The van der Waals surface area contributed by atoms with Crippen LogP contribution in [0, 0.1) is 5.92 Å². The van der Waals surface area contributed by atoms with E-state index < -0.39 is 0 Å². The predicted molar refractivity (Wildman–Crippen MR) is 88.1 cm³/mol. The zero-order valence-corrected chi connectivity index (χ0v) is 14.2. The summed E-state index contributed by atoms with van der Waals surface area (Å²) in [5.41, 5.74) is 0. The van der Waals surface area contributed by atoms with Crippen LogP contribution in [-0.2, 0) is 11.2 Å². The Morgan fingerprint density at radius 3 is 3.08 bits per heavy atom. The van der Waals surface area contributed by atoms with Crippen LogP contribution in [0.1, 0.15) is 53.9 Å². The minimum atomic E-state index is -0.0806. The number of nitrogens with zero attached hydrogens (tertiary/aromatic N) is 3. The van der Waals surface area contributed by atoms with Crippen molar-refractivity contribution in [1.82, 2.24) is 15.0 Å². The molecule has 0 aromatic carbocycles. The SMILES string of the molecule is O=C(c1ccco1)N1CCCC(c2nc(CCOCC3CC3)no2)C1. The summed E-state index contributed by atoms with van der Waals surface area (Å²) in [7, 11) is 0. The number of aromatic nitrogens is 2. The van der Waals surface area contributed by atoms with Gasteiger partial charge in [0.25, 0.3) is 5.91 Å². The van der Waals surface area contributed by atoms with Crippen LogP contribution in [0.25, 0.3) is 0 Å². The second kappa shape index (κ2) is 7.39. The van der Waals surface area contributed by atoms with E-state index in [4.69, 9.17) is 13.7 Å². The van der Waals surface area contributed by atoms with Crippen molar-refractivity contribution < 1.29 is 18.5 Å².